The summed E-state index contributed by atoms with van der Waals surface area (Å²) < 4.78 is 0. The topological polar surface area (TPSA) is 63.8 Å². The van der Waals surface area contributed by atoms with E-state index in [0.717, 1.165) is 37.4 Å². The average Bonchev–Trinajstić information content (AvgIpc) is 2.13. The van der Waals surface area contributed by atoms with Crippen LogP contribution in [-0.2, 0) is 0 Å². The minimum absolute atomic E-state index is 0.754. The smallest absolute Gasteiger partial charge is 0.129 e. The van der Waals surface area contributed by atoms with Crippen molar-refractivity contribution in [1.29, 1.82) is 0 Å². The summed E-state index contributed by atoms with van der Waals surface area (Å²) in [5.41, 5.74) is 6.36. The lowest BCUT2D eigenvalue weighted by atomic mass is 10.3. The normalized spacial score (nSPS) is 10.0. The van der Waals surface area contributed by atoms with Crippen LogP contribution in [-0.4, -0.2) is 23.1 Å². The molecule has 0 saturated carbocycles. The Kier molecular flexibility index (Phi) is 4.18. The van der Waals surface area contributed by atoms with Crippen molar-refractivity contribution in [2.45, 2.75) is 19.8 Å². The van der Waals surface area contributed by atoms with E-state index in [2.05, 4.69) is 15.3 Å². The van der Waals surface area contributed by atoms with Gasteiger partial charge >= 0.3 is 0 Å². The highest BCUT2D eigenvalue weighted by Gasteiger charge is 1.93. The molecule has 0 fully saturated rings. The van der Waals surface area contributed by atoms with Crippen LogP contribution in [0.25, 0.3) is 0 Å². The van der Waals surface area contributed by atoms with E-state index in [9.17, 15) is 0 Å². The van der Waals surface area contributed by atoms with Crippen LogP contribution in [0.15, 0.2) is 12.4 Å². The van der Waals surface area contributed by atoms with Crippen LogP contribution in [0.5, 0.6) is 0 Å². The molecule has 0 bridgehead atoms. The van der Waals surface area contributed by atoms with Crippen molar-refractivity contribution in [3.05, 3.63) is 18.1 Å². The van der Waals surface area contributed by atoms with Crippen LogP contribution in [0.3, 0.4) is 0 Å². The molecule has 0 unspecified atom stereocenters. The van der Waals surface area contributed by atoms with Crippen LogP contribution in [0.4, 0.5) is 5.82 Å². The van der Waals surface area contributed by atoms with Gasteiger partial charge in [0.2, 0.25) is 0 Å². The summed E-state index contributed by atoms with van der Waals surface area (Å²) in [5.74, 6) is 0.893. The Morgan fingerprint density at radius 2 is 2.23 bits per heavy atom. The van der Waals surface area contributed by atoms with Crippen LogP contribution < -0.4 is 11.1 Å². The molecule has 0 radical (unpaired) electrons. The van der Waals surface area contributed by atoms with Gasteiger partial charge in [-0.25, -0.2) is 9.97 Å². The van der Waals surface area contributed by atoms with E-state index < -0.39 is 0 Å². The van der Waals surface area contributed by atoms with Gasteiger partial charge in [0.05, 0.1) is 0 Å². The first-order chi connectivity index (χ1) is 6.33. The molecule has 13 heavy (non-hydrogen) atoms. The Hall–Kier alpha value is -1.16. The fourth-order valence-electron chi connectivity index (χ4n) is 1.04. The molecule has 0 amide bonds. The average molecular weight is 180 g/mol. The number of nitrogens with one attached hydrogen (secondary N) is 1. The number of nitrogens with zero attached hydrogens (tertiary/aromatic N) is 2. The summed E-state index contributed by atoms with van der Waals surface area (Å²) in [6, 6.07) is 1.93. The van der Waals surface area contributed by atoms with Crippen LogP contribution in [0, 0.1) is 6.92 Å². The van der Waals surface area contributed by atoms with Crippen molar-refractivity contribution in [2.24, 2.45) is 5.73 Å². The van der Waals surface area contributed by atoms with Crippen LogP contribution in [0.2, 0.25) is 0 Å². The van der Waals surface area contributed by atoms with Gasteiger partial charge in [-0.1, -0.05) is 0 Å². The summed E-state index contributed by atoms with van der Waals surface area (Å²) in [6.45, 7) is 3.63. The maximum atomic E-state index is 5.38. The Morgan fingerprint density at radius 3 is 2.92 bits per heavy atom. The second-order valence-electron chi connectivity index (χ2n) is 2.97. The maximum absolute atomic E-state index is 5.38. The fraction of sp³-hybridized carbons (Fsp3) is 0.556. The molecule has 0 aliphatic rings. The molecule has 3 N–H and O–H groups in total. The van der Waals surface area contributed by atoms with E-state index in [1.165, 1.54) is 0 Å². The van der Waals surface area contributed by atoms with Crippen molar-refractivity contribution < 1.29 is 0 Å². The third kappa shape index (κ3) is 3.85. The van der Waals surface area contributed by atoms with E-state index in [1.807, 2.05) is 13.0 Å². The standard InChI is InChI=1S/C9H16N4/c1-8-6-9(13-7-12-8)11-5-3-2-4-10/h6-7H,2-5,10H2,1H3,(H,11,12,13). The van der Waals surface area contributed by atoms with Crippen LogP contribution in [0.1, 0.15) is 18.5 Å². The molecular weight excluding hydrogens is 164 g/mol. The maximum Gasteiger partial charge on any atom is 0.129 e. The van der Waals surface area contributed by atoms with Crippen LogP contribution >= 0.6 is 0 Å². The van der Waals surface area contributed by atoms with Gasteiger partial charge in [0.15, 0.2) is 0 Å². The summed E-state index contributed by atoms with van der Waals surface area (Å²) in [6.07, 6.45) is 3.71. The zero-order valence-corrected chi connectivity index (χ0v) is 7.95. The quantitative estimate of drug-likeness (QED) is 0.662. The lowest BCUT2D eigenvalue weighted by Crippen LogP contribution is -2.06. The zero-order chi connectivity index (χ0) is 9.52. The molecule has 0 spiro atoms. The first kappa shape index (κ1) is 9.92. The van der Waals surface area contributed by atoms with Crippen molar-refractivity contribution >= 4 is 5.82 Å². The first-order valence-electron chi connectivity index (χ1n) is 4.55. The van der Waals surface area contributed by atoms with Crippen molar-refractivity contribution in [3.8, 4) is 0 Å². The van der Waals surface area contributed by atoms with Gasteiger partial charge < -0.3 is 11.1 Å². The van der Waals surface area contributed by atoms with Crippen molar-refractivity contribution in [3.63, 3.8) is 0 Å². The van der Waals surface area contributed by atoms with Gasteiger partial charge in [-0.3, -0.25) is 0 Å². The third-order valence-corrected chi connectivity index (χ3v) is 1.74. The Balaban J connectivity index is 2.28. The first-order valence-corrected chi connectivity index (χ1v) is 4.55. The molecular formula is C9H16N4. The van der Waals surface area contributed by atoms with E-state index in [4.69, 9.17) is 5.73 Å². The summed E-state index contributed by atoms with van der Waals surface area (Å²) in [4.78, 5) is 8.10. The highest BCUT2D eigenvalue weighted by atomic mass is 15.0. The predicted octanol–water partition coefficient (Wildman–Crippen LogP) is 0.936. The highest BCUT2D eigenvalue weighted by Crippen LogP contribution is 2.02. The van der Waals surface area contributed by atoms with E-state index in [0.29, 0.717) is 0 Å². The van der Waals surface area contributed by atoms with Crippen molar-refractivity contribution in [1.82, 2.24) is 9.97 Å². The third-order valence-electron chi connectivity index (χ3n) is 1.74. The molecule has 0 atom stereocenters. The minimum atomic E-state index is 0.754. The molecule has 0 aliphatic carbocycles. The highest BCUT2D eigenvalue weighted by molar-refractivity contribution is 5.33. The molecule has 1 aromatic heterocycles. The number of rotatable bonds is 5. The molecule has 0 aliphatic heterocycles. The molecule has 1 heterocycles. The SMILES string of the molecule is Cc1cc(NCCCCN)ncn1. The fourth-order valence-corrected chi connectivity index (χ4v) is 1.04. The van der Waals surface area contributed by atoms with Gasteiger partial charge in [-0.2, -0.15) is 0 Å². The number of hydrogen-bond acceptors (Lipinski definition) is 4. The Labute approximate surface area is 78.6 Å². The zero-order valence-electron chi connectivity index (χ0n) is 7.95. The molecule has 1 rings (SSSR count). The Bertz CT molecular complexity index is 249. The lowest BCUT2D eigenvalue weighted by Gasteiger charge is -2.04. The number of aryl methyl sites for hydroxylation is 1. The van der Waals surface area contributed by atoms with E-state index in [1.54, 1.807) is 6.33 Å². The number of anilines is 1. The van der Waals surface area contributed by atoms with Gasteiger partial charge in [0.25, 0.3) is 0 Å². The van der Waals surface area contributed by atoms with Gasteiger partial charge in [0.1, 0.15) is 12.1 Å². The molecule has 0 saturated heterocycles. The largest absolute Gasteiger partial charge is 0.370 e. The summed E-state index contributed by atoms with van der Waals surface area (Å²) in [5, 5.41) is 3.21. The number of unbranched alkanes of at least 4 members (excludes halogenated alkanes) is 1. The van der Waals surface area contributed by atoms with Crippen molar-refractivity contribution in [2.75, 3.05) is 18.4 Å². The molecule has 1 aromatic rings. The molecule has 0 aromatic carbocycles. The van der Waals surface area contributed by atoms with E-state index >= 15 is 0 Å². The number of nitrogens with two attached hydrogens (primary N) is 1. The summed E-state index contributed by atoms with van der Waals surface area (Å²) >= 11 is 0. The monoisotopic (exact) mass is 180 g/mol. The molecule has 4 heteroatoms. The molecule has 4 nitrogen and oxygen atoms in total. The number of aromatic nitrogens is 2. The van der Waals surface area contributed by atoms with E-state index in [-0.39, 0.29) is 0 Å². The van der Waals surface area contributed by atoms with Gasteiger partial charge in [-0.05, 0) is 26.3 Å². The number of hydrogen-bond donors (Lipinski definition) is 2. The van der Waals surface area contributed by atoms with Gasteiger partial charge in [0, 0.05) is 18.3 Å². The Morgan fingerprint density at radius 1 is 1.38 bits per heavy atom. The lowest BCUT2D eigenvalue weighted by molar-refractivity contribution is 0.772. The summed E-state index contributed by atoms with van der Waals surface area (Å²) in [7, 11) is 0. The van der Waals surface area contributed by atoms with Gasteiger partial charge in [-0.15, -0.1) is 0 Å². The second kappa shape index (κ2) is 5.48. The predicted molar refractivity (Wildman–Crippen MR) is 53.5 cm³/mol. The minimum Gasteiger partial charge on any atom is -0.370 e. The second-order valence-corrected chi connectivity index (χ2v) is 2.97. The molecule has 72 valence electrons.